The molecule has 98 valence electrons. The van der Waals surface area contributed by atoms with Gasteiger partial charge in [0.2, 0.25) is 0 Å². The number of nitrogen functional groups attached to an aromatic ring is 1. The monoisotopic (exact) mass is 297 g/mol. The third-order valence-corrected chi connectivity index (χ3v) is 3.30. The number of benzene rings is 2. The van der Waals surface area contributed by atoms with Crippen molar-refractivity contribution in [2.24, 2.45) is 0 Å². The molecule has 2 rings (SSSR count). The quantitative estimate of drug-likeness (QED) is 0.665. The highest BCUT2D eigenvalue weighted by Gasteiger charge is 2.17. The molecule has 0 saturated heterocycles. The van der Waals surface area contributed by atoms with Crippen molar-refractivity contribution in [3.8, 4) is 0 Å². The van der Waals surface area contributed by atoms with Crippen LogP contribution in [0, 0.1) is 12.7 Å². The molecule has 0 bridgehead atoms. The van der Waals surface area contributed by atoms with Crippen molar-refractivity contribution in [2.45, 2.75) is 6.92 Å². The first-order chi connectivity index (χ1) is 8.90. The summed E-state index contributed by atoms with van der Waals surface area (Å²) in [5.41, 5.74) is 6.87. The molecule has 0 atom stereocenters. The van der Waals surface area contributed by atoms with Gasteiger partial charge in [0.15, 0.2) is 5.78 Å². The van der Waals surface area contributed by atoms with Crippen LogP contribution in [0.4, 0.5) is 10.1 Å². The smallest absolute Gasteiger partial charge is 0.196 e. The molecule has 0 fully saturated rings. The van der Waals surface area contributed by atoms with Gasteiger partial charge in [-0.05, 0) is 42.8 Å². The van der Waals surface area contributed by atoms with Gasteiger partial charge in [0.25, 0.3) is 0 Å². The van der Waals surface area contributed by atoms with Crippen molar-refractivity contribution in [1.82, 2.24) is 0 Å². The van der Waals surface area contributed by atoms with Crippen molar-refractivity contribution in [2.75, 3.05) is 5.73 Å². The van der Waals surface area contributed by atoms with E-state index in [1.54, 1.807) is 13.0 Å². The van der Waals surface area contributed by atoms with Gasteiger partial charge < -0.3 is 5.73 Å². The molecule has 0 amide bonds. The van der Waals surface area contributed by atoms with Crippen LogP contribution in [0.1, 0.15) is 21.5 Å². The Balaban J connectivity index is 2.53. The summed E-state index contributed by atoms with van der Waals surface area (Å²) in [6, 6.07) is 7.10. The normalized spacial score (nSPS) is 10.5. The minimum absolute atomic E-state index is 0.0578. The summed E-state index contributed by atoms with van der Waals surface area (Å²) in [7, 11) is 0. The number of carbonyl (C=O) groups excluding carboxylic acids is 1. The summed E-state index contributed by atoms with van der Waals surface area (Å²) < 4.78 is 13.3. The Kier molecular flexibility index (Phi) is 3.78. The highest BCUT2D eigenvalue weighted by atomic mass is 35.5. The van der Waals surface area contributed by atoms with E-state index in [9.17, 15) is 9.18 Å². The maximum atomic E-state index is 13.3. The number of halogens is 3. The van der Waals surface area contributed by atoms with Crippen LogP contribution in [0.2, 0.25) is 10.0 Å². The molecule has 0 aromatic heterocycles. The zero-order chi connectivity index (χ0) is 14.2. The fourth-order valence-corrected chi connectivity index (χ4v) is 2.13. The Morgan fingerprint density at radius 2 is 1.84 bits per heavy atom. The van der Waals surface area contributed by atoms with Crippen LogP contribution < -0.4 is 5.73 Å². The largest absolute Gasteiger partial charge is 0.398 e. The summed E-state index contributed by atoms with van der Waals surface area (Å²) in [5, 5.41) is 0.498. The Hall–Kier alpha value is -1.58. The predicted molar refractivity (Wildman–Crippen MR) is 75.4 cm³/mol. The molecule has 0 aliphatic heterocycles. The lowest BCUT2D eigenvalue weighted by molar-refractivity contribution is 0.103. The molecule has 0 aliphatic rings. The summed E-state index contributed by atoms with van der Waals surface area (Å²) in [5.74, 6) is -0.812. The van der Waals surface area contributed by atoms with Crippen LogP contribution in [0.25, 0.3) is 0 Å². The van der Waals surface area contributed by atoms with Crippen LogP contribution in [0.5, 0.6) is 0 Å². The summed E-state index contributed by atoms with van der Waals surface area (Å²) in [6.45, 7) is 1.56. The van der Waals surface area contributed by atoms with E-state index < -0.39 is 5.82 Å². The minimum Gasteiger partial charge on any atom is -0.398 e. The first kappa shape index (κ1) is 13.8. The number of carbonyl (C=O) groups is 1. The van der Waals surface area contributed by atoms with Crippen LogP contribution in [-0.4, -0.2) is 5.78 Å². The van der Waals surface area contributed by atoms with Crippen LogP contribution in [0.3, 0.4) is 0 Å². The van der Waals surface area contributed by atoms with Gasteiger partial charge in [-0.3, -0.25) is 4.79 Å². The maximum absolute atomic E-state index is 13.3. The Labute approximate surface area is 119 Å². The fraction of sp³-hybridized carbons (Fsp3) is 0.0714. The number of aryl methyl sites for hydroxylation is 1. The average Bonchev–Trinajstić information content (AvgIpc) is 2.33. The molecule has 0 radical (unpaired) electrons. The van der Waals surface area contributed by atoms with E-state index in [4.69, 9.17) is 28.9 Å². The van der Waals surface area contributed by atoms with Gasteiger partial charge in [-0.1, -0.05) is 23.2 Å². The van der Waals surface area contributed by atoms with E-state index in [1.807, 2.05) is 0 Å². The molecule has 2 nitrogen and oxygen atoms in total. The lowest BCUT2D eigenvalue weighted by Crippen LogP contribution is -2.07. The van der Waals surface area contributed by atoms with Gasteiger partial charge in [0.05, 0.1) is 5.02 Å². The third-order valence-electron chi connectivity index (χ3n) is 2.75. The molecule has 0 saturated carbocycles. The maximum Gasteiger partial charge on any atom is 0.196 e. The Morgan fingerprint density at radius 3 is 2.47 bits per heavy atom. The molecule has 19 heavy (non-hydrogen) atoms. The number of anilines is 1. The molecule has 2 aromatic carbocycles. The van der Waals surface area contributed by atoms with Gasteiger partial charge in [0.1, 0.15) is 5.82 Å². The van der Waals surface area contributed by atoms with E-state index in [2.05, 4.69) is 0 Å². The van der Waals surface area contributed by atoms with Gasteiger partial charge in [-0.15, -0.1) is 0 Å². The van der Waals surface area contributed by atoms with Crippen LogP contribution >= 0.6 is 23.2 Å². The van der Waals surface area contributed by atoms with Crippen molar-refractivity contribution >= 4 is 34.7 Å². The number of hydrogen-bond acceptors (Lipinski definition) is 2. The summed E-state index contributed by atoms with van der Waals surface area (Å²) in [4.78, 5) is 12.3. The average molecular weight is 298 g/mol. The Bertz CT molecular complexity index is 671. The molecular weight excluding hydrogens is 288 g/mol. The van der Waals surface area contributed by atoms with E-state index in [-0.39, 0.29) is 27.6 Å². The van der Waals surface area contributed by atoms with E-state index in [0.29, 0.717) is 10.6 Å². The molecule has 0 heterocycles. The highest BCUT2D eigenvalue weighted by Crippen LogP contribution is 2.26. The van der Waals surface area contributed by atoms with Crippen molar-refractivity contribution in [3.05, 3.63) is 62.9 Å². The molecule has 0 spiro atoms. The lowest BCUT2D eigenvalue weighted by Gasteiger charge is -2.08. The van der Waals surface area contributed by atoms with Gasteiger partial charge in [-0.25, -0.2) is 4.39 Å². The summed E-state index contributed by atoms with van der Waals surface area (Å²) >= 11 is 11.7. The number of ketones is 1. The van der Waals surface area contributed by atoms with Gasteiger partial charge in [-0.2, -0.15) is 0 Å². The molecule has 2 N–H and O–H groups in total. The van der Waals surface area contributed by atoms with E-state index >= 15 is 0 Å². The molecular formula is C14H10Cl2FNO. The van der Waals surface area contributed by atoms with Crippen LogP contribution in [0.15, 0.2) is 30.3 Å². The first-order valence-electron chi connectivity index (χ1n) is 5.45. The first-order valence-corrected chi connectivity index (χ1v) is 6.21. The minimum atomic E-state index is -0.453. The lowest BCUT2D eigenvalue weighted by atomic mass is 10.00. The molecule has 2 aromatic rings. The number of hydrogen-bond donors (Lipinski definition) is 1. The van der Waals surface area contributed by atoms with Gasteiger partial charge >= 0.3 is 0 Å². The van der Waals surface area contributed by atoms with Gasteiger partial charge in [0, 0.05) is 21.8 Å². The molecule has 0 unspecified atom stereocenters. The number of nitrogens with two attached hydrogens (primary N) is 1. The van der Waals surface area contributed by atoms with Crippen LogP contribution in [-0.2, 0) is 0 Å². The molecule has 5 heteroatoms. The molecule has 0 aliphatic carbocycles. The fourth-order valence-electron chi connectivity index (χ4n) is 1.72. The second-order valence-corrected chi connectivity index (χ2v) is 4.99. The summed E-state index contributed by atoms with van der Waals surface area (Å²) in [6.07, 6.45) is 0. The topological polar surface area (TPSA) is 43.1 Å². The van der Waals surface area contributed by atoms with E-state index in [0.717, 1.165) is 6.07 Å². The van der Waals surface area contributed by atoms with Crippen molar-refractivity contribution in [3.63, 3.8) is 0 Å². The van der Waals surface area contributed by atoms with Crippen molar-refractivity contribution < 1.29 is 9.18 Å². The predicted octanol–water partition coefficient (Wildman–Crippen LogP) is 4.25. The van der Waals surface area contributed by atoms with E-state index in [1.165, 1.54) is 18.2 Å². The van der Waals surface area contributed by atoms with Crippen molar-refractivity contribution in [1.29, 1.82) is 0 Å². The zero-order valence-corrected chi connectivity index (χ0v) is 11.5. The second-order valence-electron chi connectivity index (χ2n) is 4.14. The SMILES string of the molecule is Cc1cc(C(=O)c2ccc(Cl)cc2N)c(Cl)cc1F. The third kappa shape index (κ3) is 2.72. The zero-order valence-electron chi connectivity index (χ0n) is 10.0. The number of rotatable bonds is 2. The highest BCUT2D eigenvalue weighted by molar-refractivity contribution is 6.35. The standard InChI is InChI=1S/C14H10Cl2FNO/c1-7-4-10(11(16)6-12(7)17)14(19)9-3-2-8(15)5-13(9)18/h2-6H,18H2,1H3. The second kappa shape index (κ2) is 5.19. The Morgan fingerprint density at radius 1 is 1.16 bits per heavy atom.